The Balaban J connectivity index is 0.822. The number of likely N-dealkylation sites (tertiary alicyclic amines) is 1. The normalized spacial score (nSPS) is 17.8. The second kappa shape index (κ2) is 15.7. The topological polar surface area (TPSA) is 123 Å². The molecule has 0 atom stereocenters. The van der Waals surface area contributed by atoms with Crippen LogP contribution >= 0.6 is 0 Å². The van der Waals surface area contributed by atoms with Gasteiger partial charge in [-0.05, 0) is 160 Å². The van der Waals surface area contributed by atoms with Crippen molar-refractivity contribution in [2.24, 2.45) is 5.73 Å². The molecular formula is C55H57N7O3. The molecule has 10 heteroatoms. The van der Waals surface area contributed by atoms with Gasteiger partial charge in [0.1, 0.15) is 0 Å². The zero-order valence-electron chi connectivity index (χ0n) is 37.6. The lowest BCUT2D eigenvalue weighted by atomic mass is 9.82. The average Bonchev–Trinajstić information content (AvgIpc) is 3.91. The van der Waals surface area contributed by atoms with Gasteiger partial charge >= 0.3 is 0 Å². The Labute approximate surface area is 379 Å². The van der Waals surface area contributed by atoms with E-state index in [0.29, 0.717) is 31.0 Å². The first-order chi connectivity index (χ1) is 31.7. The maximum absolute atomic E-state index is 14.6. The highest BCUT2D eigenvalue weighted by atomic mass is 16.2. The van der Waals surface area contributed by atoms with Crippen LogP contribution in [0.1, 0.15) is 98.6 Å². The number of nitrogens with two attached hydrogens (primary N) is 1. The molecule has 12 rings (SSSR count). The fourth-order valence-electron chi connectivity index (χ4n) is 12.4. The highest BCUT2D eigenvalue weighted by Gasteiger charge is 2.36. The van der Waals surface area contributed by atoms with Gasteiger partial charge in [-0.1, -0.05) is 30.3 Å². The quantitative estimate of drug-likeness (QED) is 0.134. The Kier molecular flexibility index (Phi) is 9.76. The monoisotopic (exact) mass is 863 g/mol. The van der Waals surface area contributed by atoms with Crippen molar-refractivity contribution in [2.75, 3.05) is 44.2 Å². The molecule has 0 bridgehead atoms. The second-order valence-corrected chi connectivity index (χ2v) is 19.6. The van der Waals surface area contributed by atoms with Gasteiger partial charge in [-0.2, -0.15) is 0 Å². The SMILES string of the molecule is Cc1[nH]c2cccc(C)c2c1C1=CCN(CCc2cc3c4c(c2)-c2c(c(=O)n5c6c(cc(CCN7CCC(c8c[nH]c9ccc(C(N)=O)cc89)CC7)cc26)CCC5)CN4C(=O)CC3)CC1. The Bertz CT molecular complexity index is 3230. The van der Waals surface area contributed by atoms with E-state index in [0.717, 1.165) is 129 Å². The zero-order valence-corrected chi connectivity index (χ0v) is 37.6. The number of fused-ring (bicyclic) bond motifs is 5. The second-order valence-electron chi connectivity index (χ2n) is 19.6. The highest BCUT2D eigenvalue weighted by Crippen LogP contribution is 2.48. The summed E-state index contributed by atoms with van der Waals surface area (Å²) >= 11 is 0. The van der Waals surface area contributed by atoms with Gasteiger partial charge in [0.2, 0.25) is 11.8 Å². The number of nitrogens with zero attached hydrogens (tertiary/aromatic N) is 4. The number of pyridine rings is 1. The summed E-state index contributed by atoms with van der Waals surface area (Å²) in [5.74, 6) is 0.151. The minimum Gasteiger partial charge on any atom is -0.366 e. The molecule has 7 aromatic rings. The first-order valence-corrected chi connectivity index (χ1v) is 24.0. The van der Waals surface area contributed by atoms with E-state index >= 15 is 0 Å². The van der Waals surface area contributed by atoms with Gasteiger partial charge in [-0.3, -0.25) is 19.3 Å². The highest BCUT2D eigenvalue weighted by molar-refractivity contribution is 6.09. The number of hydrogen-bond donors (Lipinski definition) is 3. The molecule has 3 aromatic heterocycles. The van der Waals surface area contributed by atoms with Crippen LogP contribution in [-0.2, 0) is 43.6 Å². The lowest BCUT2D eigenvalue weighted by Crippen LogP contribution is -2.41. The van der Waals surface area contributed by atoms with E-state index in [1.54, 1.807) is 6.07 Å². The number of piperidine rings is 1. The minimum atomic E-state index is -0.395. The summed E-state index contributed by atoms with van der Waals surface area (Å²) in [5, 5.41) is 3.63. The molecule has 5 aliphatic rings. The molecule has 2 amide bonds. The summed E-state index contributed by atoms with van der Waals surface area (Å²) in [6.45, 7) is 11.4. The van der Waals surface area contributed by atoms with Crippen LogP contribution in [0.5, 0.6) is 0 Å². The van der Waals surface area contributed by atoms with Gasteiger partial charge in [0.25, 0.3) is 5.56 Å². The van der Waals surface area contributed by atoms with Crippen molar-refractivity contribution in [3.8, 4) is 11.1 Å². The van der Waals surface area contributed by atoms with Gasteiger partial charge in [-0.15, -0.1) is 0 Å². The van der Waals surface area contributed by atoms with E-state index in [2.05, 4.69) is 88.4 Å². The third-order valence-electron chi connectivity index (χ3n) is 15.7. The summed E-state index contributed by atoms with van der Waals surface area (Å²) in [7, 11) is 0. The first-order valence-electron chi connectivity index (χ1n) is 24.0. The lowest BCUT2D eigenvalue weighted by Gasteiger charge is -2.38. The van der Waals surface area contributed by atoms with Crippen molar-refractivity contribution in [2.45, 2.75) is 90.6 Å². The number of carbonyl (C=O) groups is 2. The summed E-state index contributed by atoms with van der Waals surface area (Å²) in [4.78, 5) is 54.3. The van der Waals surface area contributed by atoms with Crippen LogP contribution in [0.4, 0.5) is 5.69 Å². The van der Waals surface area contributed by atoms with Crippen molar-refractivity contribution in [3.05, 3.63) is 139 Å². The fourth-order valence-corrected chi connectivity index (χ4v) is 12.4. The molecule has 1 fully saturated rings. The molecule has 0 unspecified atom stereocenters. The Morgan fingerprint density at radius 2 is 1.62 bits per heavy atom. The Hall–Kier alpha value is -6.23. The molecule has 0 aliphatic carbocycles. The van der Waals surface area contributed by atoms with Crippen LogP contribution < -0.4 is 16.2 Å². The minimum absolute atomic E-state index is 0.0673. The standard InChI is InChI=1S/C55H57N7O3/c1-32-5-3-7-47-49(32)50(33(2)58-47)37-16-23-60(24-17-37)20-13-35-26-39-9-11-48(63)62-31-45-51(43(28-35)53(39)62)42-27-34(25-38-6-4-18-61(52(38)42)55(45)65)12-19-59-21-14-36(15-22-59)44-30-57-46-10-8-40(54(56)64)29-41(44)46/h3,5,7-8,10,16,25-30,36,57-58H,4,6,9,11-15,17-24,31H2,1-2H3,(H2,56,64). The van der Waals surface area contributed by atoms with E-state index in [-0.39, 0.29) is 11.5 Å². The van der Waals surface area contributed by atoms with Gasteiger partial charge in [0.15, 0.2) is 0 Å². The number of rotatable bonds is 9. The van der Waals surface area contributed by atoms with Gasteiger partial charge in [0, 0.05) is 106 Å². The molecule has 0 spiro atoms. The van der Waals surface area contributed by atoms with E-state index < -0.39 is 5.91 Å². The molecular weight excluding hydrogens is 807 g/mol. The molecule has 4 aromatic carbocycles. The molecule has 0 radical (unpaired) electrons. The number of H-pyrrole nitrogens is 2. The fraction of sp³-hybridized carbons (Fsp3) is 0.364. The number of aromatic nitrogens is 3. The van der Waals surface area contributed by atoms with Gasteiger partial charge in [-0.25, -0.2) is 0 Å². The molecule has 0 saturated carbocycles. The Morgan fingerprint density at radius 1 is 0.800 bits per heavy atom. The third kappa shape index (κ3) is 6.78. The maximum Gasteiger partial charge on any atom is 0.256 e. The predicted molar refractivity (Wildman–Crippen MR) is 261 cm³/mol. The van der Waals surface area contributed by atoms with E-state index in [1.807, 2.05) is 21.6 Å². The molecule has 10 nitrogen and oxygen atoms in total. The smallest absolute Gasteiger partial charge is 0.256 e. The molecule has 8 heterocycles. The summed E-state index contributed by atoms with van der Waals surface area (Å²) in [6, 6.07) is 21.7. The first kappa shape index (κ1) is 40.3. The maximum atomic E-state index is 14.6. The summed E-state index contributed by atoms with van der Waals surface area (Å²) < 4.78 is 2.03. The number of hydrogen-bond acceptors (Lipinski definition) is 5. The number of aryl methyl sites for hydroxylation is 5. The van der Waals surface area contributed by atoms with Crippen molar-refractivity contribution < 1.29 is 9.59 Å². The van der Waals surface area contributed by atoms with E-state index in [1.165, 1.54) is 66.5 Å². The third-order valence-corrected chi connectivity index (χ3v) is 15.7. The molecule has 5 aliphatic heterocycles. The van der Waals surface area contributed by atoms with Crippen LogP contribution in [0.25, 0.3) is 49.4 Å². The van der Waals surface area contributed by atoms with Crippen LogP contribution in [0.2, 0.25) is 0 Å². The van der Waals surface area contributed by atoms with Gasteiger partial charge in [0.05, 0.1) is 17.7 Å². The van der Waals surface area contributed by atoms with Crippen LogP contribution in [0.3, 0.4) is 0 Å². The number of carbonyl (C=O) groups excluding carboxylic acids is 2. The number of benzene rings is 4. The average molecular weight is 864 g/mol. The number of aromatic amines is 2. The summed E-state index contributed by atoms with van der Waals surface area (Å²) in [5.41, 5.74) is 25.3. The van der Waals surface area contributed by atoms with Crippen molar-refractivity contribution in [1.82, 2.24) is 24.3 Å². The van der Waals surface area contributed by atoms with Crippen molar-refractivity contribution in [1.29, 1.82) is 0 Å². The number of anilines is 1. The van der Waals surface area contributed by atoms with Gasteiger partial charge < -0.3 is 30.1 Å². The molecule has 65 heavy (non-hydrogen) atoms. The molecule has 330 valence electrons. The van der Waals surface area contributed by atoms with E-state index in [4.69, 9.17) is 5.73 Å². The zero-order chi connectivity index (χ0) is 44.1. The predicted octanol–water partition coefficient (Wildman–Crippen LogP) is 8.84. The van der Waals surface area contributed by atoms with Crippen molar-refractivity contribution >= 4 is 55.8 Å². The van der Waals surface area contributed by atoms with Crippen LogP contribution in [0, 0.1) is 13.8 Å². The molecule has 1 saturated heterocycles. The number of nitrogens with one attached hydrogen (secondary N) is 2. The Morgan fingerprint density at radius 3 is 2.43 bits per heavy atom. The summed E-state index contributed by atoms with van der Waals surface area (Å²) in [6.07, 6.45) is 12.7. The van der Waals surface area contributed by atoms with Crippen LogP contribution in [0.15, 0.2) is 77.7 Å². The lowest BCUT2D eigenvalue weighted by molar-refractivity contribution is -0.119. The number of amides is 2. The molecule has 4 N–H and O–H groups in total. The van der Waals surface area contributed by atoms with Crippen LogP contribution in [-0.4, -0.2) is 75.4 Å². The number of primary amides is 1. The largest absolute Gasteiger partial charge is 0.366 e. The van der Waals surface area contributed by atoms with Crippen molar-refractivity contribution in [3.63, 3.8) is 0 Å². The van der Waals surface area contributed by atoms with E-state index in [9.17, 15) is 14.4 Å².